The molecule has 0 saturated carbocycles. The molecule has 0 aromatic heterocycles. The lowest BCUT2D eigenvalue weighted by molar-refractivity contribution is 0.0243. The van der Waals surface area contributed by atoms with Crippen molar-refractivity contribution in [3.63, 3.8) is 0 Å². The van der Waals surface area contributed by atoms with Gasteiger partial charge in [-0.1, -0.05) is 87.8 Å². The monoisotopic (exact) mass is 476 g/mol. The van der Waals surface area contributed by atoms with Crippen molar-refractivity contribution in [2.45, 2.75) is 64.2 Å². The molecule has 7 heteroatoms. The van der Waals surface area contributed by atoms with Crippen LogP contribution in [0.3, 0.4) is 0 Å². The van der Waals surface area contributed by atoms with Crippen LogP contribution in [0.1, 0.15) is 84.9 Å². The number of nitrogens with one attached hydrogen (secondary N) is 2. The zero-order chi connectivity index (χ0) is 22.7. The Bertz CT molecular complexity index is 694. The standard InChI is InChI=1S/C26H36N2O4.ClH/c29-25(23-17-11-9-12-18-23)31-27-21-15-7-5-3-1-2-4-6-8-16-22-28-32-26(30)24-19-13-10-14-20-24;/h9-14,17-20,27-28H,1-8,15-16,21-22H2;1H. The Morgan fingerprint density at radius 2 is 0.818 bits per heavy atom. The molecule has 0 atom stereocenters. The molecule has 0 fully saturated rings. The van der Waals surface area contributed by atoms with Crippen molar-refractivity contribution >= 4 is 24.3 Å². The molecule has 0 bridgehead atoms. The fourth-order valence-corrected chi connectivity index (χ4v) is 3.31. The molecule has 2 N–H and O–H groups in total. The first kappa shape index (κ1) is 28.6. The Morgan fingerprint density at radius 3 is 1.15 bits per heavy atom. The summed E-state index contributed by atoms with van der Waals surface area (Å²) >= 11 is 0. The van der Waals surface area contributed by atoms with Gasteiger partial charge in [0.05, 0.1) is 11.1 Å². The number of carbonyl (C=O) groups is 2. The maximum atomic E-state index is 11.8. The first-order valence-corrected chi connectivity index (χ1v) is 11.8. The summed E-state index contributed by atoms with van der Waals surface area (Å²) in [4.78, 5) is 33.6. The highest BCUT2D eigenvalue weighted by atomic mass is 35.5. The van der Waals surface area contributed by atoms with Gasteiger partial charge in [-0.2, -0.15) is 11.0 Å². The van der Waals surface area contributed by atoms with Crippen LogP contribution < -0.4 is 11.0 Å². The number of carbonyl (C=O) groups excluding carboxylic acids is 2. The van der Waals surface area contributed by atoms with E-state index in [-0.39, 0.29) is 24.3 Å². The van der Waals surface area contributed by atoms with Gasteiger partial charge in [-0.25, -0.2) is 9.59 Å². The second kappa shape index (κ2) is 19.1. The van der Waals surface area contributed by atoms with E-state index in [1.807, 2.05) is 36.4 Å². The first-order valence-electron chi connectivity index (χ1n) is 11.8. The Balaban J connectivity index is 0.00000544. The van der Waals surface area contributed by atoms with E-state index in [0.717, 1.165) is 25.7 Å². The maximum absolute atomic E-state index is 11.8. The molecular formula is C26H37ClN2O4. The molecule has 182 valence electrons. The van der Waals surface area contributed by atoms with E-state index < -0.39 is 0 Å². The molecule has 0 unspecified atom stereocenters. The van der Waals surface area contributed by atoms with Gasteiger partial charge >= 0.3 is 11.9 Å². The molecule has 2 aromatic carbocycles. The molecule has 6 nitrogen and oxygen atoms in total. The molecule has 0 aliphatic rings. The van der Waals surface area contributed by atoms with Gasteiger partial charge in [-0.3, -0.25) is 0 Å². The number of hydrogen-bond donors (Lipinski definition) is 2. The summed E-state index contributed by atoms with van der Waals surface area (Å²) in [6.45, 7) is 1.38. The van der Waals surface area contributed by atoms with Crippen LogP contribution in [0.25, 0.3) is 0 Å². The third kappa shape index (κ3) is 13.7. The second-order valence-corrected chi connectivity index (χ2v) is 7.84. The van der Waals surface area contributed by atoms with Crippen molar-refractivity contribution in [2.24, 2.45) is 0 Å². The fourth-order valence-electron chi connectivity index (χ4n) is 3.31. The average Bonchev–Trinajstić information content (AvgIpc) is 2.84. The second-order valence-electron chi connectivity index (χ2n) is 7.84. The number of hydrogen-bond acceptors (Lipinski definition) is 6. The maximum Gasteiger partial charge on any atom is 0.356 e. The highest BCUT2D eigenvalue weighted by Crippen LogP contribution is 2.10. The third-order valence-corrected chi connectivity index (χ3v) is 5.16. The Morgan fingerprint density at radius 1 is 0.515 bits per heavy atom. The van der Waals surface area contributed by atoms with Gasteiger partial charge in [-0.05, 0) is 37.1 Å². The summed E-state index contributed by atoms with van der Waals surface area (Å²) in [5.41, 5.74) is 6.63. The largest absolute Gasteiger partial charge is 0.367 e. The molecule has 2 rings (SSSR count). The van der Waals surface area contributed by atoms with Gasteiger partial charge in [0.2, 0.25) is 0 Å². The van der Waals surface area contributed by atoms with Crippen LogP contribution in [0.4, 0.5) is 0 Å². The molecule has 33 heavy (non-hydrogen) atoms. The quantitative estimate of drug-likeness (QED) is 0.214. The summed E-state index contributed by atoms with van der Waals surface area (Å²) in [5.74, 6) is -0.677. The van der Waals surface area contributed by atoms with Gasteiger partial charge in [0.25, 0.3) is 0 Å². The SMILES string of the molecule is Cl.O=C(ONCCCCCCCCCCCCNOC(=O)c1ccccc1)c1ccccc1. The molecule has 0 aliphatic heterocycles. The number of halogens is 1. The van der Waals surface area contributed by atoms with E-state index in [9.17, 15) is 9.59 Å². The van der Waals surface area contributed by atoms with Crippen molar-refractivity contribution in [3.8, 4) is 0 Å². The van der Waals surface area contributed by atoms with E-state index >= 15 is 0 Å². The highest BCUT2D eigenvalue weighted by Gasteiger charge is 2.06. The minimum absolute atomic E-state index is 0. The van der Waals surface area contributed by atoms with Crippen molar-refractivity contribution < 1.29 is 19.3 Å². The van der Waals surface area contributed by atoms with Crippen molar-refractivity contribution in [3.05, 3.63) is 71.8 Å². The van der Waals surface area contributed by atoms with Crippen LogP contribution in [0.15, 0.2) is 60.7 Å². The van der Waals surface area contributed by atoms with E-state index in [4.69, 9.17) is 9.68 Å². The van der Waals surface area contributed by atoms with E-state index in [1.54, 1.807) is 24.3 Å². The minimum atomic E-state index is -0.338. The van der Waals surface area contributed by atoms with E-state index in [0.29, 0.717) is 24.2 Å². The van der Waals surface area contributed by atoms with Crippen molar-refractivity contribution in [2.75, 3.05) is 13.1 Å². The number of benzene rings is 2. The average molecular weight is 477 g/mol. The van der Waals surface area contributed by atoms with E-state index in [2.05, 4.69) is 11.0 Å². The molecule has 0 amide bonds. The Hall–Kier alpha value is -2.41. The summed E-state index contributed by atoms with van der Waals surface area (Å²) in [6, 6.07) is 18.0. The van der Waals surface area contributed by atoms with Gasteiger partial charge < -0.3 is 9.68 Å². The first-order chi connectivity index (χ1) is 15.8. The lowest BCUT2D eigenvalue weighted by Gasteiger charge is -2.06. The van der Waals surface area contributed by atoms with Crippen LogP contribution in [-0.2, 0) is 9.68 Å². The topological polar surface area (TPSA) is 76.7 Å². The normalized spacial score (nSPS) is 10.3. The number of hydroxylamine groups is 2. The van der Waals surface area contributed by atoms with Gasteiger partial charge in [-0.15, -0.1) is 12.4 Å². The lowest BCUT2D eigenvalue weighted by Crippen LogP contribution is -2.21. The van der Waals surface area contributed by atoms with Gasteiger partial charge in [0.1, 0.15) is 0 Å². The van der Waals surface area contributed by atoms with Crippen molar-refractivity contribution in [1.29, 1.82) is 0 Å². The smallest absolute Gasteiger partial charge is 0.356 e. The van der Waals surface area contributed by atoms with Gasteiger partial charge in [0.15, 0.2) is 0 Å². The van der Waals surface area contributed by atoms with Crippen LogP contribution in [0.5, 0.6) is 0 Å². The summed E-state index contributed by atoms with van der Waals surface area (Å²) in [7, 11) is 0. The molecule has 0 radical (unpaired) electrons. The van der Waals surface area contributed by atoms with Crippen LogP contribution in [0.2, 0.25) is 0 Å². The predicted octanol–water partition coefficient (Wildman–Crippen LogP) is 6.03. The predicted molar refractivity (Wildman–Crippen MR) is 133 cm³/mol. The summed E-state index contributed by atoms with van der Waals surface area (Å²) in [5, 5.41) is 0. The summed E-state index contributed by atoms with van der Waals surface area (Å²) in [6.07, 6.45) is 11.8. The molecule has 0 heterocycles. The van der Waals surface area contributed by atoms with Crippen LogP contribution in [-0.4, -0.2) is 25.0 Å². The fraction of sp³-hybridized carbons (Fsp3) is 0.462. The molecular weight excluding hydrogens is 440 g/mol. The van der Waals surface area contributed by atoms with Crippen molar-refractivity contribution in [1.82, 2.24) is 11.0 Å². The van der Waals surface area contributed by atoms with E-state index in [1.165, 1.54) is 38.5 Å². The molecule has 0 spiro atoms. The van der Waals surface area contributed by atoms with Crippen LogP contribution in [0, 0.1) is 0 Å². The zero-order valence-electron chi connectivity index (χ0n) is 19.3. The molecule has 2 aromatic rings. The number of rotatable bonds is 17. The molecule has 0 aliphatic carbocycles. The minimum Gasteiger partial charge on any atom is -0.367 e. The van der Waals surface area contributed by atoms with Crippen LogP contribution >= 0.6 is 12.4 Å². The summed E-state index contributed by atoms with van der Waals surface area (Å²) < 4.78 is 0. The highest BCUT2D eigenvalue weighted by molar-refractivity contribution is 5.89. The number of unbranched alkanes of at least 4 members (excludes halogenated alkanes) is 9. The molecule has 0 saturated heterocycles. The Labute approximate surface area is 203 Å². The zero-order valence-corrected chi connectivity index (χ0v) is 20.1. The van der Waals surface area contributed by atoms with Gasteiger partial charge in [0, 0.05) is 13.1 Å². The Kier molecular flexibility index (Phi) is 16.6. The lowest BCUT2D eigenvalue weighted by atomic mass is 10.1. The third-order valence-electron chi connectivity index (χ3n) is 5.16.